The lowest BCUT2D eigenvalue weighted by molar-refractivity contribution is 0.0669. The van der Waals surface area contributed by atoms with E-state index in [2.05, 4.69) is 23.5 Å². The Morgan fingerprint density at radius 1 is 1.04 bits per heavy atom. The molecule has 1 heterocycles. The highest BCUT2D eigenvalue weighted by Crippen LogP contribution is 2.29. The smallest absolute Gasteiger partial charge is 0.161 e. The summed E-state index contributed by atoms with van der Waals surface area (Å²) in [4.78, 5) is 0. The molecule has 152 valence electrons. The van der Waals surface area contributed by atoms with E-state index in [4.69, 9.17) is 18.9 Å². The number of nitrogens with one attached hydrogen (secondary N) is 1. The van der Waals surface area contributed by atoms with Crippen LogP contribution in [0.2, 0.25) is 0 Å². The highest BCUT2D eigenvalue weighted by atomic mass is 16.5. The summed E-state index contributed by atoms with van der Waals surface area (Å²) in [6, 6.07) is 14.3. The maximum Gasteiger partial charge on any atom is 0.161 e. The van der Waals surface area contributed by atoms with Gasteiger partial charge in [-0.25, -0.2) is 0 Å². The van der Waals surface area contributed by atoms with Gasteiger partial charge >= 0.3 is 0 Å². The van der Waals surface area contributed by atoms with Gasteiger partial charge in [0, 0.05) is 19.7 Å². The standard InChI is InChI=1S/C23H31NO4/c1-17(2)28-20-9-6-18(7-10-20)14-24-15-19-8-11-22(23(13-19)25-3)27-16-21-5-4-12-26-21/h6-11,13,17,21,24H,4-5,12,14-16H2,1-3H3. The molecule has 1 aliphatic heterocycles. The second-order valence-corrected chi connectivity index (χ2v) is 7.35. The Morgan fingerprint density at radius 3 is 2.46 bits per heavy atom. The first-order valence-electron chi connectivity index (χ1n) is 10.0. The number of hydrogen-bond acceptors (Lipinski definition) is 5. The summed E-state index contributed by atoms with van der Waals surface area (Å²) >= 11 is 0. The first-order valence-corrected chi connectivity index (χ1v) is 10.0. The fourth-order valence-electron chi connectivity index (χ4n) is 3.21. The highest BCUT2D eigenvalue weighted by Gasteiger charge is 2.17. The number of methoxy groups -OCH3 is 1. The molecule has 1 aliphatic rings. The predicted molar refractivity (Wildman–Crippen MR) is 110 cm³/mol. The van der Waals surface area contributed by atoms with E-state index in [1.54, 1.807) is 7.11 Å². The zero-order valence-corrected chi connectivity index (χ0v) is 17.1. The first kappa shape index (κ1) is 20.5. The fraction of sp³-hybridized carbons (Fsp3) is 0.478. The highest BCUT2D eigenvalue weighted by molar-refractivity contribution is 5.43. The van der Waals surface area contributed by atoms with Gasteiger partial charge in [-0.3, -0.25) is 0 Å². The van der Waals surface area contributed by atoms with Crippen molar-refractivity contribution in [2.45, 2.75) is 52.0 Å². The molecule has 0 aliphatic carbocycles. The molecule has 0 amide bonds. The summed E-state index contributed by atoms with van der Waals surface area (Å²) in [5, 5.41) is 3.47. The van der Waals surface area contributed by atoms with Crippen LogP contribution < -0.4 is 19.5 Å². The summed E-state index contributed by atoms with van der Waals surface area (Å²) in [6.45, 7) is 7.02. The van der Waals surface area contributed by atoms with E-state index in [-0.39, 0.29) is 12.2 Å². The van der Waals surface area contributed by atoms with Crippen LogP contribution in [-0.2, 0) is 17.8 Å². The fourth-order valence-corrected chi connectivity index (χ4v) is 3.21. The average molecular weight is 386 g/mol. The molecule has 0 spiro atoms. The van der Waals surface area contributed by atoms with Gasteiger partial charge < -0.3 is 24.3 Å². The maximum absolute atomic E-state index is 5.90. The second-order valence-electron chi connectivity index (χ2n) is 7.35. The summed E-state index contributed by atoms with van der Waals surface area (Å²) in [6.07, 6.45) is 2.57. The van der Waals surface area contributed by atoms with Gasteiger partial charge in [0.25, 0.3) is 0 Å². The van der Waals surface area contributed by atoms with Crippen molar-refractivity contribution in [3.8, 4) is 17.2 Å². The van der Waals surface area contributed by atoms with Crippen molar-refractivity contribution in [1.29, 1.82) is 0 Å². The molecule has 1 saturated heterocycles. The van der Waals surface area contributed by atoms with Gasteiger partial charge in [-0.1, -0.05) is 18.2 Å². The minimum Gasteiger partial charge on any atom is -0.493 e. The molecule has 5 nitrogen and oxygen atoms in total. The van der Waals surface area contributed by atoms with E-state index in [1.165, 1.54) is 5.56 Å². The molecular formula is C23H31NO4. The van der Waals surface area contributed by atoms with E-state index < -0.39 is 0 Å². The van der Waals surface area contributed by atoms with Gasteiger partial charge in [-0.2, -0.15) is 0 Å². The molecule has 0 saturated carbocycles. The lowest BCUT2D eigenvalue weighted by Crippen LogP contribution is -2.16. The van der Waals surface area contributed by atoms with Crippen LogP contribution in [0.3, 0.4) is 0 Å². The van der Waals surface area contributed by atoms with E-state index in [9.17, 15) is 0 Å². The van der Waals surface area contributed by atoms with Crippen LogP contribution in [-0.4, -0.2) is 32.5 Å². The third-order valence-electron chi connectivity index (χ3n) is 4.63. The first-order chi connectivity index (χ1) is 13.6. The van der Waals surface area contributed by atoms with Crippen molar-refractivity contribution in [1.82, 2.24) is 5.32 Å². The molecule has 1 fully saturated rings. The molecule has 3 rings (SSSR count). The quantitative estimate of drug-likeness (QED) is 0.660. The molecule has 28 heavy (non-hydrogen) atoms. The molecule has 1 N–H and O–H groups in total. The molecule has 1 atom stereocenters. The minimum atomic E-state index is 0.191. The minimum absolute atomic E-state index is 0.191. The van der Waals surface area contributed by atoms with Crippen LogP contribution in [0.25, 0.3) is 0 Å². The van der Waals surface area contributed by atoms with Gasteiger partial charge in [0.1, 0.15) is 12.4 Å². The summed E-state index contributed by atoms with van der Waals surface area (Å²) in [7, 11) is 1.67. The Kier molecular flexibility index (Phi) is 7.57. The Labute approximate surface area is 168 Å². The topological polar surface area (TPSA) is 49.0 Å². The molecular weight excluding hydrogens is 354 g/mol. The summed E-state index contributed by atoms with van der Waals surface area (Å²) in [5.74, 6) is 2.43. The van der Waals surface area contributed by atoms with Gasteiger partial charge in [0.15, 0.2) is 11.5 Å². The molecule has 1 unspecified atom stereocenters. The number of hydrogen-bond donors (Lipinski definition) is 1. The van der Waals surface area contributed by atoms with Crippen molar-refractivity contribution >= 4 is 0 Å². The van der Waals surface area contributed by atoms with Crippen LogP contribution in [0, 0.1) is 0 Å². The zero-order chi connectivity index (χ0) is 19.8. The summed E-state index contributed by atoms with van der Waals surface area (Å²) < 4.78 is 22.7. The van der Waals surface area contributed by atoms with Crippen LogP contribution >= 0.6 is 0 Å². The summed E-state index contributed by atoms with van der Waals surface area (Å²) in [5.41, 5.74) is 2.38. The Hall–Kier alpha value is -2.24. The predicted octanol–water partition coefficient (Wildman–Crippen LogP) is 4.33. The number of benzene rings is 2. The SMILES string of the molecule is COc1cc(CNCc2ccc(OC(C)C)cc2)ccc1OCC1CCCO1. The molecule has 2 aromatic carbocycles. The van der Waals surface area contributed by atoms with Gasteiger partial charge in [0.05, 0.1) is 19.3 Å². The Morgan fingerprint density at radius 2 is 1.79 bits per heavy atom. The second kappa shape index (κ2) is 10.3. The van der Waals surface area contributed by atoms with Crippen LogP contribution in [0.4, 0.5) is 0 Å². The van der Waals surface area contributed by atoms with Crippen molar-refractivity contribution in [2.24, 2.45) is 0 Å². The normalized spacial score (nSPS) is 16.4. The maximum atomic E-state index is 5.90. The molecule has 0 radical (unpaired) electrons. The van der Waals surface area contributed by atoms with Crippen molar-refractivity contribution in [3.05, 3.63) is 53.6 Å². The van der Waals surface area contributed by atoms with Crippen molar-refractivity contribution < 1.29 is 18.9 Å². The molecule has 2 aromatic rings. The number of ether oxygens (including phenoxy) is 4. The van der Waals surface area contributed by atoms with E-state index in [0.29, 0.717) is 6.61 Å². The van der Waals surface area contributed by atoms with E-state index >= 15 is 0 Å². The van der Waals surface area contributed by atoms with Crippen molar-refractivity contribution in [3.63, 3.8) is 0 Å². The molecule has 5 heteroatoms. The van der Waals surface area contributed by atoms with Crippen LogP contribution in [0.1, 0.15) is 37.8 Å². The third kappa shape index (κ3) is 6.14. The van der Waals surface area contributed by atoms with E-state index in [0.717, 1.165) is 55.4 Å². The van der Waals surface area contributed by atoms with Crippen LogP contribution in [0.5, 0.6) is 17.2 Å². The van der Waals surface area contributed by atoms with Gasteiger partial charge in [-0.15, -0.1) is 0 Å². The largest absolute Gasteiger partial charge is 0.493 e. The molecule has 0 bridgehead atoms. The van der Waals surface area contributed by atoms with Gasteiger partial charge in [0.2, 0.25) is 0 Å². The monoisotopic (exact) mass is 385 g/mol. The van der Waals surface area contributed by atoms with E-state index in [1.807, 2.05) is 38.1 Å². The average Bonchev–Trinajstić information content (AvgIpc) is 3.21. The van der Waals surface area contributed by atoms with Crippen molar-refractivity contribution in [2.75, 3.05) is 20.3 Å². The van der Waals surface area contributed by atoms with Gasteiger partial charge in [-0.05, 0) is 62.1 Å². The zero-order valence-electron chi connectivity index (χ0n) is 17.1. The lowest BCUT2D eigenvalue weighted by atomic mass is 10.1. The Bertz CT molecular complexity index is 724. The third-order valence-corrected chi connectivity index (χ3v) is 4.63. The molecule has 0 aromatic heterocycles. The lowest BCUT2D eigenvalue weighted by Gasteiger charge is -2.15. The Balaban J connectivity index is 1.48. The number of rotatable bonds is 10. The van der Waals surface area contributed by atoms with Crippen LogP contribution in [0.15, 0.2) is 42.5 Å².